The van der Waals surface area contributed by atoms with Crippen LogP contribution in [0.15, 0.2) is 10.6 Å². The van der Waals surface area contributed by atoms with Crippen molar-refractivity contribution in [1.29, 1.82) is 0 Å². The molecule has 25 heavy (non-hydrogen) atoms. The van der Waals surface area contributed by atoms with Gasteiger partial charge in [0.2, 0.25) is 5.76 Å². The van der Waals surface area contributed by atoms with Gasteiger partial charge in [-0.15, -0.1) is 12.4 Å². The summed E-state index contributed by atoms with van der Waals surface area (Å²) in [6.45, 7) is 7.92. The average molecular weight is 372 g/mol. The summed E-state index contributed by atoms with van der Waals surface area (Å²) in [4.78, 5) is 15.0. The molecule has 2 aliphatic rings. The Kier molecular flexibility index (Phi) is 7.72. The van der Waals surface area contributed by atoms with E-state index >= 15 is 0 Å². The highest BCUT2D eigenvalue weighted by molar-refractivity contribution is 5.91. The van der Waals surface area contributed by atoms with Crippen LogP contribution in [0.25, 0.3) is 0 Å². The van der Waals surface area contributed by atoms with E-state index in [1.165, 1.54) is 0 Å². The first kappa shape index (κ1) is 20.2. The van der Waals surface area contributed by atoms with E-state index in [-0.39, 0.29) is 24.4 Å². The van der Waals surface area contributed by atoms with Gasteiger partial charge < -0.3 is 14.6 Å². The zero-order valence-electron chi connectivity index (χ0n) is 15.2. The lowest BCUT2D eigenvalue weighted by Gasteiger charge is -2.31. The second kappa shape index (κ2) is 9.55. The number of carbonyl (C=O) groups is 1. The van der Waals surface area contributed by atoms with Crippen molar-refractivity contribution in [3.8, 4) is 0 Å². The molecule has 1 N–H and O–H groups in total. The molecule has 1 aromatic heterocycles. The number of nitrogens with one attached hydrogen (secondary N) is 1. The fraction of sp³-hybridized carbons (Fsp3) is 0.778. The largest absolute Gasteiger partial charge is 0.381 e. The summed E-state index contributed by atoms with van der Waals surface area (Å²) in [6, 6.07) is 2.53. The van der Waals surface area contributed by atoms with Gasteiger partial charge in [-0.1, -0.05) is 25.4 Å². The number of amides is 1. The molecule has 3 rings (SSSR count). The topological polar surface area (TPSA) is 67.6 Å². The number of hydrogen-bond acceptors (Lipinski definition) is 5. The van der Waals surface area contributed by atoms with Crippen LogP contribution in [-0.2, 0) is 11.2 Å². The highest BCUT2D eigenvalue weighted by Gasteiger charge is 2.37. The van der Waals surface area contributed by atoms with Gasteiger partial charge in [0.1, 0.15) is 0 Å². The molecule has 3 heterocycles. The van der Waals surface area contributed by atoms with Crippen LogP contribution >= 0.6 is 12.4 Å². The van der Waals surface area contributed by atoms with Crippen LogP contribution in [0, 0.1) is 5.92 Å². The minimum Gasteiger partial charge on any atom is -0.381 e. The predicted molar refractivity (Wildman–Crippen MR) is 98.2 cm³/mol. The SMILES string of the molecule is CCC[C@H]1CN(C2CCOCC2)C[C@@H]1NC(=O)c1cc(CC)no1.Cl. The van der Waals surface area contributed by atoms with Crippen molar-refractivity contribution < 1.29 is 14.1 Å². The zero-order chi connectivity index (χ0) is 16.9. The van der Waals surface area contributed by atoms with Crippen LogP contribution in [0.2, 0.25) is 0 Å². The van der Waals surface area contributed by atoms with Crippen LogP contribution in [0.5, 0.6) is 0 Å². The zero-order valence-corrected chi connectivity index (χ0v) is 16.0. The van der Waals surface area contributed by atoms with Gasteiger partial charge in [0, 0.05) is 44.5 Å². The van der Waals surface area contributed by atoms with Crippen molar-refractivity contribution in [2.24, 2.45) is 5.92 Å². The Morgan fingerprint density at radius 3 is 2.72 bits per heavy atom. The smallest absolute Gasteiger partial charge is 0.290 e. The third kappa shape index (κ3) is 4.96. The Morgan fingerprint density at radius 1 is 1.32 bits per heavy atom. The molecule has 6 nitrogen and oxygen atoms in total. The van der Waals surface area contributed by atoms with Gasteiger partial charge in [-0.3, -0.25) is 9.69 Å². The summed E-state index contributed by atoms with van der Waals surface area (Å²) in [5.41, 5.74) is 0.820. The van der Waals surface area contributed by atoms with E-state index in [9.17, 15) is 4.79 Å². The third-order valence-corrected chi connectivity index (χ3v) is 5.30. The first-order chi connectivity index (χ1) is 11.7. The van der Waals surface area contributed by atoms with Crippen molar-refractivity contribution in [2.75, 3.05) is 26.3 Å². The summed E-state index contributed by atoms with van der Waals surface area (Å²) in [5.74, 6) is 0.698. The summed E-state index contributed by atoms with van der Waals surface area (Å²) < 4.78 is 10.7. The van der Waals surface area contributed by atoms with Gasteiger partial charge in [0.25, 0.3) is 5.91 Å². The van der Waals surface area contributed by atoms with Gasteiger partial charge in [-0.05, 0) is 31.6 Å². The molecule has 0 unspecified atom stereocenters. The molecule has 1 aromatic rings. The van der Waals surface area contributed by atoms with E-state index in [4.69, 9.17) is 9.26 Å². The molecule has 0 bridgehead atoms. The molecule has 2 fully saturated rings. The minimum atomic E-state index is -0.137. The Bertz CT molecular complexity index is 545. The molecular formula is C18H30ClN3O3. The number of halogens is 1. The van der Waals surface area contributed by atoms with Crippen LogP contribution in [0.1, 0.15) is 55.8 Å². The number of ether oxygens (including phenoxy) is 1. The predicted octanol–water partition coefficient (Wildman–Crippen LogP) is 2.67. The van der Waals surface area contributed by atoms with E-state index in [1.807, 2.05) is 6.92 Å². The first-order valence-corrected chi connectivity index (χ1v) is 9.29. The van der Waals surface area contributed by atoms with E-state index in [0.717, 1.165) is 64.1 Å². The maximum atomic E-state index is 12.5. The van der Waals surface area contributed by atoms with E-state index < -0.39 is 0 Å². The molecule has 0 spiro atoms. The van der Waals surface area contributed by atoms with Crippen molar-refractivity contribution in [1.82, 2.24) is 15.4 Å². The number of rotatable bonds is 6. The third-order valence-electron chi connectivity index (χ3n) is 5.30. The van der Waals surface area contributed by atoms with Gasteiger partial charge in [0.15, 0.2) is 0 Å². The van der Waals surface area contributed by atoms with E-state index in [2.05, 4.69) is 22.3 Å². The van der Waals surface area contributed by atoms with Crippen molar-refractivity contribution in [2.45, 2.75) is 58.0 Å². The van der Waals surface area contributed by atoms with Crippen molar-refractivity contribution in [3.63, 3.8) is 0 Å². The van der Waals surface area contributed by atoms with Gasteiger partial charge >= 0.3 is 0 Å². The fourth-order valence-electron chi connectivity index (χ4n) is 3.90. The van der Waals surface area contributed by atoms with Crippen LogP contribution < -0.4 is 5.32 Å². The molecule has 142 valence electrons. The summed E-state index contributed by atoms with van der Waals surface area (Å²) in [6.07, 6.45) is 5.25. The number of hydrogen-bond donors (Lipinski definition) is 1. The monoisotopic (exact) mass is 371 g/mol. The molecule has 1 amide bonds. The van der Waals surface area contributed by atoms with Gasteiger partial charge in [-0.25, -0.2) is 0 Å². The first-order valence-electron chi connectivity index (χ1n) is 9.29. The van der Waals surface area contributed by atoms with E-state index in [0.29, 0.717) is 17.7 Å². The highest BCUT2D eigenvalue weighted by Crippen LogP contribution is 2.27. The lowest BCUT2D eigenvalue weighted by Crippen LogP contribution is -2.42. The Hall–Kier alpha value is -1.11. The standard InChI is InChI=1S/C18H29N3O3.ClH/c1-3-5-13-11-21(15-6-8-23-9-7-15)12-16(13)19-18(22)17-10-14(4-2)20-24-17;/h10,13,15-16H,3-9,11-12H2,1-2H3,(H,19,22);1H/t13-,16-;/m0./s1. The molecule has 0 aromatic carbocycles. The number of carbonyl (C=O) groups excluding carboxylic acids is 1. The van der Waals surface area contributed by atoms with Gasteiger partial charge in [-0.2, -0.15) is 0 Å². The second-order valence-corrected chi connectivity index (χ2v) is 6.96. The second-order valence-electron chi connectivity index (χ2n) is 6.96. The molecular weight excluding hydrogens is 342 g/mol. The van der Waals surface area contributed by atoms with Crippen molar-refractivity contribution >= 4 is 18.3 Å². The van der Waals surface area contributed by atoms with Crippen LogP contribution in [0.4, 0.5) is 0 Å². The number of aryl methyl sites for hydroxylation is 1. The number of nitrogens with zero attached hydrogens (tertiary/aromatic N) is 2. The molecule has 7 heteroatoms. The van der Waals surface area contributed by atoms with Crippen LogP contribution in [-0.4, -0.2) is 54.4 Å². The Morgan fingerprint density at radius 2 is 2.08 bits per heavy atom. The number of likely N-dealkylation sites (tertiary alicyclic amines) is 1. The summed E-state index contributed by atoms with van der Waals surface area (Å²) in [7, 11) is 0. The van der Waals surface area contributed by atoms with Gasteiger partial charge in [0.05, 0.1) is 5.69 Å². The normalized spacial score (nSPS) is 24.9. The van der Waals surface area contributed by atoms with Crippen molar-refractivity contribution in [3.05, 3.63) is 17.5 Å². The summed E-state index contributed by atoms with van der Waals surface area (Å²) >= 11 is 0. The molecule has 2 atom stereocenters. The minimum absolute atomic E-state index is 0. The molecule has 0 aliphatic carbocycles. The quantitative estimate of drug-likeness (QED) is 0.832. The molecule has 2 saturated heterocycles. The molecule has 0 radical (unpaired) electrons. The highest BCUT2D eigenvalue weighted by atomic mass is 35.5. The van der Waals surface area contributed by atoms with E-state index in [1.54, 1.807) is 6.07 Å². The Labute approximate surface area is 156 Å². The maximum Gasteiger partial charge on any atom is 0.290 e. The fourth-order valence-corrected chi connectivity index (χ4v) is 3.90. The van der Waals surface area contributed by atoms with Crippen LogP contribution in [0.3, 0.4) is 0 Å². The Balaban J connectivity index is 0.00000225. The summed E-state index contributed by atoms with van der Waals surface area (Å²) in [5, 5.41) is 7.10. The molecule has 0 saturated carbocycles. The average Bonchev–Trinajstić information content (AvgIpc) is 3.23. The lowest BCUT2D eigenvalue weighted by molar-refractivity contribution is 0.0405. The molecule has 2 aliphatic heterocycles. The maximum absolute atomic E-state index is 12.5. The lowest BCUT2D eigenvalue weighted by atomic mass is 9.98. The number of aromatic nitrogens is 1.